The Morgan fingerprint density at radius 3 is 2.57 bits per heavy atom. The molecule has 1 aromatic heterocycles. The van der Waals surface area contributed by atoms with E-state index in [1.165, 1.54) is 43.6 Å². The lowest BCUT2D eigenvalue weighted by Gasteiger charge is -2.33. The van der Waals surface area contributed by atoms with E-state index in [1.807, 2.05) is 29.6 Å². The SMILES string of the molecule is COc1ccc(-c2nc(C(=O)NC3CCN(CC4CCCC4)CC3)cs2)cc1. The number of hydrogen-bond acceptors (Lipinski definition) is 5. The van der Waals surface area contributed by atoms with Crippen LogP contribution in [-0.2, 0) is 0 Å². The maximum Gasteiger partial charge on any atom is 0.270 e. The van der Waals surface area contributed by atoms with Gasteiger partial charge in [0.15, 0.2) is 0 Å². The molecule has 0 spiro atoms. The standard InChI is InChI=1S/C22H29N3O2S/c1-27-19-8-6-17(7-9-19)22-24-20(15-28-22)21(26)23-18-10-12-25(13-11-18)14-16-4-2-3-5-16/h6-9,15-16,18H,2-5,10-14H2,1H3,(H,23,26). The number of rotatable bonds is 6. The summed E-state index contributed by atoms with van der Waals surface area (Å²) < 4.78 is 5.19. The molecule has 0 unspecified atom stereocenters. The monoisotopic (exact) mass is 399 g/mol. The van der Waals surface area contributed by atoms with Gasteiger partial charge in [0.1, 0.15) is 16.5 Å². The van der Waals surface area contributed by atoms with Crippen LogP contribution < -0.4 is 10.1 Å². The molecule has 1 N–H and O–H groups in total. The molecule has 1 saturated carbocycles. The predicted molar refractivity (Wildman–Crippen MR) is 113 cm³/mol. The van der Waals surface area contributed by atoms with E-state index in [9.17, 15) is 4.79 Å². The summed E-state index contributed by atoms with van der Waals surface area (Å²) in [5.41, 5.74) is 1.52. The summed E-state index contributed by atoms with van der Waals surface area (Å²) >= 11 is 1.50. The van der Waals surface area contributed by atoms with E-state index >= 15 is 0 Å². The number of likely N-dealkylation sites (tertiary alicyclic amines) is 1. The zero-order chi connectivity index (χ0) is 19.3. The van der Waals surface area contributed by atoms with E-state index in [4.69, 9.17) is 4.74 Å². The normalized spacial score (nSPS) is 19.0. The van der Waals surface area contributed by atoms with Crippen molar-refractivity contribution in [1.29, 1.82) is 0 Å². The zero-order valence-corrected chi connectivity index (χ0v) is 17.3. The molecule has 1 aliphatic heterocycles. The largest absolute Gasteiger partial charge is 0.497 e. The Labute approximate surface area is 171 Å². The quantitative estimate of drug-likeness (QED) is 0.791. The molecule has 6 heteroatoms. The average molecular weight is 400 g/mol. The van der Waals surface area contributed by atoms with Crippen LogP contribution in [0.2, 0.25) is 0 Å². The minimum Gasteiger partial charge on any atom is -0.497 e. The molecule has 2 aliphatic rings. The Bertz CT molecular complexity index is 775. The van der Waals surface area contributed by atoms with Crippen molar-refractivity contribution in [1.82, 2.24) is 15.2 Å². The number of amides is 1. The number of methoxy groups -OCH3 is 1. The Kier molecular flexibility index (Phi) is 6.27. The highest BCUT2D eigenvalue weighted by atomic mass is 32.1. The number of piperidine rings is 1. The molecule has 2 fully saturated rings. The summed E-state index contributed by atoms with van der Waals surface area (Å²) in [7, 11) is 1.65. The lowest BCUT2D eigenvalue weighted by Crippen LogP contribution is -2.45. The number of benzene rings is 1. The van der Waals surface area contributed by atoms with Gasteiger partial charge in [-0.15, -0.1) is 11.3 Å². The van der Waals surface area contributed by atoms with E-state index in [1.54, 1.807) is 7.11 Å². The first-order valence-corrected chi connectivity index (χ1v) is 11.2. The van der Waals surface area contributed by atoms with Gasteiger partial charge < -0.3 is 15.0 Å². The van der Waals surface area contributed by atoms with Gasteiger partial charge in [-0.1, -0.05) is 12.8 Å². The van der Waals surface area contributed by atoms with Crippen LogP contribution in [-0.4, -0.2) is 48.6 Å². The van der Waals surface area contributed by atoms with E-state index in [0.717, 1.165) is 48.2 Å². The molecule has 0 bridgehead atoms. The Hall–Kier alpha value is -1.92. The van der Waals surface area contributed by atoms with Crippen molar-refractivity contribution in [3.63, 3.8) is 0 Å². The second-order valence-corrected chi connectivity index (χ2v) is 8.82. The van der Waals surface area contributed by atoms with Crippen LogP contribution in [0.4, 0.5) is 0 Å². The van der Waals surface area contributed by atoms with Crippen molar-refractivity contribution in [3.05, 3.63) is 35.3 Å². The van der Waals surface area contributed by atoms with Gasteiger partial charge >= 0.3 is 0 Å². The van der Waals surface area contributed by atoms with Crippen LogP contribution in [0, 0.1) is 5.92 Å². The molecule has 150 valence electrons. The minimum absolute atomic E-state index is 0.0507. The van der Waals surface area contributed by atoms with Crippen molar-refractivity contribution in [2.45, 2.75) is 44.6 Å². The first kappa shape index (κ1) is 19.4. The molecule has 1 saturated heterocycles. The summed E-state index contributed by atoms with van der Waals surface area (Å²) in [6, 6.07) is 8.03. The van der Waals surface area contributed by atoms with Gasteiger partial charge in [-0.2, -0.15) is 0 Å². The van der Waals surface area contributed by atoms with Crippen LogP contribution in [0.25, 0.3) is 10.6 Å². The minimum atomic E-state index is -0.0507. The number of nitrogens with zero attached hydrogens (tertiary/aromatic N) is 2. The molecule has 0 radical (unpaired) electrons. The van der Waals surface area contributed by atoms with Gasteiger partial charge in [-0.3, -0.25) is 4.79 Å². The Morgan fingerprint density at radius 1 is 1.18 bits per heavy atom. The van der Waals surface area contributed by atoms with Crippen molar-refractivity contribution < 1.29 is 9.53 Å². The highest BCUT2D eigenvalue weighted by molar-refractivity contribution is 7.13. The third kappa shape index (κ3) is 4.73. The molecule has 2 heterocycles. The summed E-state index contributed by atoms with van der Waals surface area (Å²) in [4.78, 5) is 19.7. The number of nitrogens with one attached hydrogen (secondary N) is 1. The topological polar surface area (TPSA) is 54.5 Å². The Balaban J connectivity index is 1.27. The molecule has 5 nitrogen and oxygen atoms in total. The molecule has 28 heavy (non-hydrogen) atoms. The number of carbonyl (C=O) groups excluding carboxylic acids is 1. The maximum absolute atomic E-state index is 12.6. The van der Waals surface area contributed by atoms with Gasteiger partial charge in [-0.05, 0) is 55.9 Å². The molecule has 0 atom stereocenters. The number of hydrogen-bond donors (Lipinski definition) is 1. The third-order valence-electron chi connectivity index (χ3n) is 5.99. The first-order valence-electron chi connectivity index (χ1n) is 10.3. The summed E-state index contributed by atoms with van der Waals surface area (Å²) in [5, 5.41) is 5.90. The molecule has 1 amide bonds. The molecule has 2 aromatic rings. The summed E-state index contributed by atoms with van der Waals surface area (Å²) in [6.45, 7) is 3.43. The molecule has 1 aromatic carbocycles. The van der Waals surface area contributed by atoms with Crippen LogP contribution in [0.1, 0.15) is 49.0 Å². The fourth-order valence-electron chi connectivity index (χ4n) is 4.32. The van der Waals surface area contributed by atoms with Crippen LogP contribution in [0.15, 0.2) is 29.6 Å². The van der Waals surface area contributed by atoms with E-state index < -0.39 is 0 Å². The molecular formula is C22H29N3O2S. The lowest BCUT2D eigenvalue weighted by molar-refractivity contribution is 0.0901. The molecular weight excluding hydrogens is 370 g/mol. The van der Waals surface area contributed by atoms with Crippen molar-refractivity contribution in [2.75, 3.05) is 26.7 Å². The van der Waals surface area contributed by atoms with Crippen molar-refractivity contribution in [2.24, 2.45) is 5.92 Å². The van der Waals surface area contributed by atoms with Crippen LogP contribution in [0.3, 0.4) is 0 Å². The van der Waals surface area contributed by atoms with Gasteiger partial charge in [0, 0.05) is 36.6 Å². The van der Waals surface area contributed by atoms with Crippen molar-refractivity contribution >= 4 is 17.2 Å². The second kappa shape index (κ2) is 9.05. The number of carbonyl (C=O) groups is 1. The lowest BCUT2D eigenvalue weighted by atomic mass is 10.0. The van der Waals surface area contributed by atoms with Crippen LogP contribution >= 0.6 is 11.3 Å². The molecule has 4 rings (SSSR count). The maximum atomic E-state index is 12.6. The highest BCUT2D eigenvalue weighted by Crippen LogP contribution is 2.27. The smallest absolute Gasteiger partial charge is 0.270 e. The highest BCUT2D eigenvalue weighted by Gasteiger charge is 2.25. The number of aromatic nitrogens is 1. The average Bonchev–Trinajstić information content (AvgIpc) is 3.42. The van der Waals surface area contributed by atoms with E-state index in [0.29, 0.717) is 5.69 Å². The molecule has 1 aliphatic carbocycles. The van der Waals surface area contributed by atoms with E-state index in [-0.39, 0.29) is 11.9 Å². The first-order chi connectivity index (χ1) is 13.7. The summed E-state index contributed by atoms with van der Waals surface area (Å²) in [6.07, 6.45) is 7.68. The van der Waals surface area contributed by atoms with Gasteiger partial charge in [-0.25, -0.2) is 4.98 Å². The van der Waals surface area contributed by atoms with Gasteiger partial charge in [0.05, 0.1) is 7.11 Å². The van der Waals surface area contributed by atoms with Gasteiger partial charge in [0.2, 0.25) is 0 Å². The number of ether oxygens (including phenoxy) is 1. The Morgan fingerprint density at radius 2 is 1.89 bits per heavy atom. The zero-order valence-electron chi connectivity index (χ0n) is 16.5. The third-order valence-corrected chi connectivity index (χ3v) is 6.88. The van der Waals surface area contributed by atoms with Crippen LogP contribution in [0.5, 0.6) is 5.75 Å². The fourth-order valence-corrected chi connectivity index (χ4v) is 5.13. The van der Waals surface area contributed by atoms with Gasteiger partial charge in [0.25, 0.3) is 5.91 Å². The second-order valence-electron chi connectivity index (χ2n) is 7.97. The number of thiazole rings is 1. The van der Waals surface area contributed by atoms with Crippen molar-refractivity contribution in [3.8, 4) is 16.3 Å². The fraction of sp³-hybridized carbons (Fsp3) is 0.545. The summed E-state index contributed by atoms with van der Waals surface area (Å²) in [5.74, 6) is 1.67. The predicted octanol–water partition coefficient (Wildman–Crippen LogP) is 4.20. The van der Waals surface area contributed by atoms with E-state index in [2.05, 4.69) is 15.2 Å².